The second-order valence-corrected chi connectivity index (χ2v) is 6.27. The van der Waals surface area contributed by atoms with Crippen LogP contribution in [0, 0.1) is 6.92 Å². The first-order valence-electron chi connectivity index (χ1n) is 8.59. The van der Waals surface area contributed by atoms with Crippen LogP contribution in [0.15, 0.2) is 48.5 Å². The van der Waals surface area contributed by atoms with Crippen molar-refractivity contribution in [3.63, 3.8) is 0 Å². The molecule has 26 heavy (non-hydrogen) atoms. The van der Waals surface area contributed by atoms with Gasteiger partial charge in [0.25, 0.3) is 11.8 Å². The number of carbonyl (C=O) groups is 2. The lowest BCUT2D eigenvalue weighted by Gasteiger charge is -2.35. The Morgan fingerprint density at radius 2 is 1.69 bits per heavy atom. The highest BCUT2D eigenvalue weighted by atomic mass is 16.5. The first-order valence-corrected chi connectivity index (χ1v) is 8.59. The third-order valence-electron chi connectivity index (χ3n) is 4.47. The zero-order valence-corrected chi connectivity index (χ0v) is 14.7. The molecule has 6 heteroatoms. The lowest BCUT2D eigenvalue weighted by atomic mass is 10.1. The van der Waals surface area contributed by atoms with E-state index in [-0.39, 0.29) is 24.2 Å². The van der Waals surface area contributed by atoms with Crippen molar-refractivity contribution >= 4 is 11.8 Å². The van der Waals surface area contributed by atoms with E-state index < -0.39 is 0 Å². The largest absolute Gasteiger partial charge is 0.508 e. The van der Waals surface area contributed by atoms with Crippen LogP contribution in [0.3, 0.4) is 0 Å². The smallest absolute Gasteiger partial charge is 0.260 e. The molecule has 136 valence electrons. The van der Waals surface area contributed by atoms with Gasteiger partial charge in [-0.2, -0.15) is 0 Å². The second-order valence-electron chi connectivity index (χ2n) is 6.27. The molecule has 6 nitrogen and oxygen atoms in total. The molecule has 2 aromatic carbocycles. The number of ether oxygens (including phenoxy) is 1. The van der Waals surface area contributed by atoms with E-state index in [0.717, 1.165) is 5.56 Å². The number of hydrogen-bond acceptors (Lipinski definition) is 4. The van der Waals surface area contributed by atoms with Gasteiger partial charge in [0.2, 0.25) is 0 Å². The van der Waals surface area contributed by atoms with Crippen LogP contribution in [-0.2, 0) is 4.79 Å². The molecule has 0 aliphatic carbocycles. The normalized spacial score (nSPS) is 14.2. The first kappa shape index (κ1) is 17.8. The summed E-state index contributed by atoms with van der Waals surface area (Å²) in [6, 6.07) is 13.9. The number of phenols is 1. The Balaban J connectivity index is 1.51. The molecule has 0 atom stereocenters. The van der Waals surface area contributed by atoms with Crippen molar-refractivity contribution in [1.29, 1.82) is 0 Å². The van der Waals surface area contributed by atoms with Gasteiger partial charge >= 0.3 is 0 Å². The van der Waals surface area contributed by atoms with Crippen LogP contribution in [0.5, 0.6) is 11.5 Å². The molecule has 0 aromatic heterocycles. The van der Waals surface area contributed by atoms with Crippen molar-refractivity contribution < 1.29 is 19.4 Å². The Bertz CT molecular complexity index is 798. The number of aromatic hydroxyl groups is 1. The van der Waals surface area contributed by atoms with Gasteiger partial charge in [-0.05, 0) is 30.7 Å². The average Bonchev–Trinajstić information content (AvgIpc) is 2.66. The fraction of sp³-hybridized carbons (Fsp3) is 0.300. The molecular weight excluding hydrogens is 332 g/mol. The van der Waals surface area contributed by atoms with Gasteiger partial charge in [-0.25, -0.2) is 0 Å². The summed E-state index contributed by atoms with van der Waals surface area (Å²) in [6.07, 6.45) is 0. The fourth-order valence-electron chi connectivity index (χ4n) is 2.95. The van der Waals surface area contributed by atoms with Gasteiger partial charge in [0, 0.05) is 37.8 Å². The molecule has 1 aliphatic heterocycles. The van der Waals surface area contributed by atoms with Crippen molar-refractivity contribution in [3.05, 3.63) is 59.7 Å². The number of rotatable bonds is 4. The molecule has 2 amide bonds. The number of piperazine rings is 1. The molecule has 2 aromatic rings. The molecule has 1 fully saturated rings. The highest BCUT2D eigenvalue weighted by Gasteiger charge is 2.25. The van der Waals surface area contributed by atoms with Gasteiger partial charge in [0.1, 0.15) is 11.5 Å². The molecule has 1 aliphatic rings. The Morgan fingerprint density at radius 3 is 2.38 bits per heavy atom. The number of amides is 2. The molecule has 0 unspecified atom stereocenters. The van der Waals surface area contributed by atoms with Crippen LogP contribution in [0.2, 0.25) is 0 Å². The van der Waals surface area contributed by atoms with Gasteiger partial charge < -0.3 is 19.6 Å². The van der Waals surface area contributed by atoms with Gasteiger partial charge in [-0.1, -0.05) is 24.3 Å². The van der Waals surface area contributed by atoms with E-state index in [2.05, 4.69) is 0 Å². The van der Waals surface area contributed by atoms with Crippen LogP contribution in [0.4, 0.5) is 0 Å². The highest BCUT2D eigenvalue weighted by molar-refractivity contribution is 5.95. The summed E-state index contributed by atoms with van der Waals surface area (Å²) in [7, 11) is 0. The van der Waals surface area contributed by atoms with Crippen LogP contribution >= 0.6 is 0 Å². The summed E-state index contributed by atoms with van der Waals surface area (Å²) in [5.41, 5.74) is 1.66. The minimum absolute atomic E-state index is 0.00575. The van der Waals surface area contributed by atoms with E-state index in [1.807, 2.05) is 31.2 Å². The van der Waals surface area contributed by atoms with Gasteiger partial charge in [-0.15, -0.1) is 0 Å². The molecule has 0 spiro atoms. The molecule has 1 saturated heterocycles. The van der Waals surface area contributed by atoms with Crippen molar-refractivity contribution in [3.8, 4) is 11.5 Å². The monoisotopic (exact) mass is 354 g/mol. The molecule has 1 heterocycles. The Labute approximate surface area is 152 Å². The zero-order valence-electron chi connectivity index (χ0n) is 14.7. The topological polar surface area (TPSA) is 70.1 Å². The van der Waals surface area contributed by atoms with E-state index in [1.165, 1.54) is 6.07 Å². The van der Waals surface area contributed by atoms with Crippen molar-refractivity contribution in [2.24, 2.45) is 0 Å². The highest BCUT2D eigenvalue weighted by Crippen LogP contribution is 2.18. The summed E-state index contributed by atoms with van der Waals surface area (Å²) in [4.78, 5) is 28.4. The number of hydrogen-bond donors (Lipinski definition) is 1. The van der Waals surface area contributed by atoms with Gasteiger partial charge in [0.15, 0.2) is 6.61 Å². The quantitative estimate of drug-likeness (QED) is 0.912. The predicted molar refractivity (Wildman–Crippen MR) is 97.3 cm³/mol. The molecule has 1 N–H and O–H groups in total. The van der Waals surface area contributed by atoms with Gasteiger partial charge in [0.05, 0.1) is 0 Å². The minimum Gasteiger partial charge on any atom is -0.508 e. The number of nitrogens with zero attached hydrogens (tertiary/aromatic N) is 2. The number of phenolic OH excluding ortho intramolecular Hbond substituents is 1. The standard InChI is InChI=1S/C20H22N2O4/c1-15-5-2-3-8-18(15)20(25)22-11-9-21(10-12-22)19(24)14-26-17-7-4-6-16(23)13-17/h2-8,13,23H,9-12,14H2,1H3. The van der Waals surface area contributed by atoms with E-state index in [1.54, 1.807) is 28.0 Å². The summed E-state index contributed by atoms with van der Waals surface area (Å²) in [6.45, 7) is 3.82. The molecule has 0 saturated carbocycles. The maximum atomic E-state index is 12.6. The number of benzene rings is 2. The van der Waals surface area contributed by atoms with Gasteiger partial charge in [-0.3, -0.25) is 9.59 Å². The van der Waals surface area contributed by atoms with Crippen LogP contribution in [0.1, 0.15) is 15.9 Å². The second kappa shape index (κ2) is 7.91. The third-order valence-corrected chi connectivity index (χ3v) is 4.47. The lowest BCUT2D eigenvalue weighted by molar-refractivity contribution is -0.134. The lowest BCUT2D eigenvalue weighted by Crippen LogP contribution is -2.51. The molecule has 0 radical (unpaired) electrons. The van der Waals surface area contributed by atoms with Crippen molar-refractivity contribution in [2.75, 3.05) is 32.8 Å². The van der Waals surface area contributed by atoms with Crippen LogP contribution in [-0.4, -0.2) is 59.5 Å². The number of carbonyl (C=O) groups excluding carboxylic acids is 2. The molecule has 0 bridgehead atoms. The maximum absolute atomic E-state index is 12.6. The minimum atomic E-state index is -0.128. The van der Waals surface area contributed by atoms with Crippen LogP contribution in [0.25, 0.3) is 0 Å². The average molecular weight is 354 g/mol. The van der Waals surface area contributed by atoms with E-state index in [4.69, 9.17) is 4.74 Å². The zero-order chi connectivity index (χ0) is 18.5. The van der Waals surface area contributed by atoms with E-state index in [0.29, 0.717) is 37.5 Å². The summed E-state index contributed by atoms with van der Waals surface area (Å²) >= 11 is 0. The van der Waals surface area contributed by atoms with Crippen LogP contribution < -0.4 is 4.74 Å². The third kappa shape index (κ3) is 4.14. The fourth-order valence-corrected chi connectivity index (χ4v) is 2.95. The SMILES string of the molecule is Cc1ccccc1C(=O)N1CCN(C(=O)COc2cccc(O)c2)CC1. The summed E-state index contributed by atoms with van der Waals surface area (Å²) in [5.74, 6) is 0.424. The Hall–Kier alpha value is -3.02. The first-order chi connectivity index (χ1) is 12.5. The van der Waals surface area contributed by atoms with E-state index in [9.17, 15) is 14.7 Å². The summed E-state index contributed by atoms with van der Waals surface area (Å²) in [5, 5.41) is 9.41. The van der Waals surface area contributed by atoms with Crippen molar-refractivity contribution in [1.82, 2.24) is 9.80 Å². The predicted octanol–water partition coefficient (Wildman–Crippen LogP) is 2.06. The van der Waals surface area contributed by atoms with E-state index >= 15 is 0 Å². The Morgan fingerprint density at radius 1 is 1.00 bits per heavy atom. The van der Waals surface area contributed by atoms with Crippen molar-refractivity contribution in [2.45, 2.75) is 6.92 Å². The molecule has 3 rings (SSSR count). The molecular formula is C20H22N2O4. The number of aryl methyl sites for hydroxylation is 1. The Kier molecular flexibility index (Phi) is 5.41. The maximum Gasteiger partial charge on any atom is 0.260 e. The summed E-state index contributed by atoms with van der Waals surface area (Å²) < 4.78 is 5.43.